The zero-order valence-corrected chi connectivity index (χ0v) is 16.8. The summed E-state index contributed by atoms with van der Waals surface area (Å²) in [5.74, 6) is 0. The van der Waals surface area contributed by atoms with Crippen molar-refractivity contribution in [1.82, 2.24) is 0 Å². The Morgan fingerprint density at radius 3 is 1.23 bits per heavy atom. The molecule has 0 bridgehead atoms. The molecule has 0 spiro atoms. The first-order valence-corrected chi connectivity index (χ1v) is 10.4. The Balaban J connectivity index is 4.49. The maximum atomic E-state index is 10.1. The second-order valence-electron chi connectivity index (χ2n) is 7.00. The summed E-state index contributed by atoms with van der Waals surface area (Å²) in [6.45, 7) is 4.22. The van der Waals surface area contributed by atoms with Crippen molar-refractivity contribution in [3.05, 3.63) is 0 Å². The molecule has 0 fully saturated rings. The first kappa shape index (κ1) is 25.8. The number of aliphatic hydroxyl groups excluding tert-OH is 4. The molecular weight excluding hydrogens is 336 g/mol. The summed E-state index contributed by atoms with van der Waals surface area (Å²) in [6.07, 6.45) is 6.78. The Bertz CT molecular complexity index is 261. The lowest BCUT2D eigenvalue weighted by atomic mass is 10.0. The van der Waals surface area contributed by atoms with Gasteiger partial charge in [-0.25, -0.2) is 0 Å². The lowest BCUT2D eigenvalue weighted by Gasteiger charge is -2.32. The number of ether oxygens (including phenoxy) is 2. The van der Waals surface area contributed by atoms with Crippen LogP contribution < -0.4 is 0 Å². The molecule has 0 unspecified atom stereocenters. The molecule has 0 aliphatic carbocycles. The van der Waals surface area contributed by atoms with E-state index in [1.807, 2.05) is 0 Å². The average Bonchev–Trinajstić information content (AvgIpc) is 2.66. The molecule has 0 aromatic rings. The van der Waals surface area contributed by atoms with Gasteiger partial charge in [0, 0.05) is 13.2 Å². The van der Waals surface area contributed by atoms with Crippen LogP contribution in [-0.4, -0.2) is 71.3 Å². The molecular formula is C20H42O6. The van der Waals surface area contributed by atoms with Crippen LogP contribution in [-0.2, 0) is 9.47 Å². The van der Waals surface area contributed by atoms with Crippen molar-refractivity contribution in [3.8, 4) is 0 Å². The Kier molecular flexibility index (Phi) is 18.0. The van der Waals surface area contributed by atoms with Crippen LogP contribution in [0, 0.1) is 0 Å². The van der Waals surface area contributed by atoms with Crippen LogP contribution in [0.15, 0.2) is 0 Å². The molecule has 0 amide bonds. The lowest BCUT2D eigenvalue weighted by Crippen LogP contribution is -2.50. The SMILES string of the molecule is CCCCCCCO[C@@H]([C@H](OCCCCCCC)[C@H](O)CO)[C@H](O)CO. The van der Waals surface area contributed by atoms with Gasteiger partial charge in [-0.2, -0.15) is 0 Å². The van der Waals surface area contributed by atoms with E-state index in [0.29, 0.717) is 13.2 Å². The largest absolute Gasteiger partial charge is 0.394 e. The maximum Gasteiger partial charge on any atom is 0.114 e. The Hall–Kier alpha value is -0.240. The predicted molar refractivity (Wildman–Crippen MR) is 103 cm³/mol. The first-order chi connectivity index (χ1) is 12.6. The van der Waals surface area contributed by atoms with E-state index in [-0.39, 0.29) is 0 Å². The van der Waals surface area contributed by atoms with Gasteiger partial charge in [0.1, 0.15) is 24.4 Å². The van der Waals surface area contributed by atoms with Gasteiger partial charge in [0.2, 0.25) is 0 Å². The number of hydrogen-bond donors (Lipinski definition) is 4. The van der Waals surface area contributed by atoms with Crippen LogP contribution in [0.1, 0.15) is 78.1 Å². The fourth-order valence-corrected chi connectivity index (χ4v) is 2.91. The molecule has 4 atom stereocenters. The van der Waals surface area contributed by atoms with Crippen LogP contribution in [0.25, 0.3) is 0 Å². The quantitative estimate of drug-likeness (QED) is 0.258. The van der Waals surface area contributed by atoms with Crippen molar-refractivity contribution in [2.75, 3.05) is 26.4 Å². The van der Waals surface area contributed by atoms with E-state index in [2.05, 4.69) is 13.8 Å². The maximum absolute atomic E-state index is 10.1. The molecule has 0 saturated carbocycles. The van der Waals surface area contributed by atoms with Gasteiger partial charge in [-0.3, -0.25) is 0 Å². The molecule has 158 valence electrons. The minimum absolute atomic E-state index is 0.431. The minimum atomic E-state index is -1.16. The van der Waals surface area contributed by atoms with E-state index in [1.54, 1.807) is 0 Å². The van der Waals surface area contributed by atoms with Crippen LogP contribution in [0.5, 0.6) is 0 Å². The van der Waals surface area contributed by atoms with Gasteiger partial charge in [0.25, 0.3) is 0 Å². The Morgan fingerprint density at radius 1 is 0.577 bits per heavy atom. The van der Waals surface area contributed by atoms with Crippen molar-refractivity contribution in [2.24, 2.45) is 0 Å². The molecule has 0 aliphatic heterocycles. The highest BCUT2D eigenvalue weighted by atomic mass is 16.6. The van der Waals surface area contributed by atoms with E-state index in [0.717, 1.165) is 38.5 Å². The molecule has 4 N–H and O–H groups in total. The Labute approximate surface area is 159 Å². The smallest absolute Gasteiger partial charge is 0.114 e. The first-order valence-electron chi connectivity index (χ1n) is 10.4. The van der Waals surface area contributed by atoms with Gasteiger partial charge in [0.15, 0.2) is 0 Å². The predicted octanol–water partition coefficient (Wildman–Crippen LogP) is 2.40. The summed E-state index contributed by atoms with van der Waals surface area (Å²) in [5, 5.41) is 38.8. The summed E-state index contributed by atoms with van der Waals surface area (Å²) in [5.41, 5.74) is 0. The van der Waals surface area contributed by atoms with Crippen LogP contribution in [0.2, 0.25) is 0 Å². The summed E-state index contributed by atoms with van der Waals surface area (Å²) in [4.78, 5) is 0. The fraction of sp³-hybridized carbons (Fsp3) is 1.00. The second kappa shape index (κ2) is 18.1. The fourth-order valence-electron chi connectivity index (χ4n) is 2.91. The molecule has 6 nitrogen and oxygen atoms in total. The van der Waals surface area contributed by atoms with E-state index >= 15 is 0 Å². The minimum Gasteiger partial charge on any atom is -0.394 e. The number of unbranched alkanes of at least 4 members (excludes halogenated alkanes) is 8. The van der Waals surface area contributed by atoms with Crippen molar-refractivity contribution in [2.45, 2.75) is 102 Å². The number of rotatable bonds is 19. The molecule has 0 aliphatic rings. The van der Waals surface area contributed by atoms with Gasteiger partial charge in [-0.1, -0.05) is 65.2 Å². The monoisotopic (exact) mass is 378 g/mol. The van der Waals surface area contributed by atoms with Crippen LogP contribution in [0.3, 0.4) is 0 Å². The summed E-state index contributed by atoms with van der Waals surface area (Å²) < 4.78 is 11.5. The molecule has 0 rings (SSSR count). The van der Waals surface area contributed by atoms with Gasteiger partial charge in [-0.15, -0.1) is 0 Å². The molecule has 0 heterocycles. The average molecular weight is 379 g/mol. The van der Waals surface area contributed by atoms with E-state index in [9.17, 15) is 20.4 Å². The third kappa shape index (κ3) is 12.2. The van der Waals surface area contributed by atoms with Crippen molar-refractivity contribution in [1.29, 1.82) is 0 Å². The molecule has 0 aromatic heterocycles. The van der Waals surface area contributed by atoms with Crippen molar-refractivity contribution < 1.29 is 29.9 Å². The van der Waals surface area contributed by atoms with Crippen LogP contribution in [0.4, 0.5) is 0 Å². The van der Waals surface area contributed by atoms with Gasteiger partial charge < -0.3 is 29.9 Å². The van der Waals surface area contributed by atoms with Gasteiger partial charge in [-0.05, 0) is 12.8 Å². The highest BCUT2D eigenvalue weighted by Crippen LogP contribution is 2.16. The molecule has 0 radical (unpaired) electrons. The summed E-state index contributed by atoms with van der Waals surface area (Å²) in [6, 6.07) is 0. The standard InChI is InChI=1S/C20H42O6/c1-3-5-7-9-11-13-25-19(17(23)15-21)20(18(24)16-22)26-14-12-10-8-6-4-2/h17-24H,3-16H2,1-2H3/t17-,18-,19-,20-/m1/s1. The number of aliphatic hydroxyl groups is 4. The van der Waals surface area contributed by atoms with E-state index in [1.165, 1.54) is 25.7 Å². The summed E-state index contributed by atoms with van der Waals surface area (Å²) in [7, 11) is 0. The zero-order valence-electron chi connectivity index (χ0n) is 16.8. The molecule has 26 heavy (non-hydrogen) atoms. The van der Waals surface area contributed by atoms with Crippen molar-refractivity contribution >= 4 is 0 Å². The third-order valence-corrected chi connectivity index (χ3v) is 4.57. The van der Waals surface area contributed by atoms with Crippen LogP contribution >= 0.6 is 0 Å². The third-order valence-electron chi connectivity index (χ3n) is 4.57. The van der Waals surface area contributed by atoms with Gasteiger partial charge >= 0.3 is 0 Å². The van der Waals surface area contributed by atoms with E-state index in [4.69, 9.17) is 9.47 Å². The lowest BCUT2D eigenvalue weighted by molar-refractivity contribution is -0.170. The topological polar surface area (TPSA) is 99.4 Å². The normalized spacial score (nSPS) is 16.4. The van der Waals surface area contributed by atoms with Gasteiger partial charge in [0.05, 0.1) is 13.2 Å². The van der Waals surface area contributed by atoms with Crippen molar-refractivity contribution in [3.63, 3.8) is 0 Å². The molecule has 0 saturated heterocycles. The highest BCUT2D eigenvalue weighted by molar-refractivity contribution is 4.83. The second-order valence-corrected chi connectivity index (χ2v) is 7.00. The summed E-state index contributed by atoms with van der Waals surface area (Å²) >= 11 is 0. The molecule has 0 aromatic carbocycles. The Morgan fingerprint density at radius 2 is 0.923 bits per heavy atom. The number of hydrogen-bond acceptors (Lipinski definition) is 6. The highest BCUT2D eigenvalue weighted by Gasteiger charge is 2.34. The molecule has 6 heteroatoms. The zero-order chi connectivity index (χ0) is 19.6. The van der Waals surface area contributed by atoms with E-state index < -0.39 is 37.6 Å².